The number of carbonyl (C=O) groups is 4. The molecule has 5 atom stereocenters. The highest BCUT2D eigenvalue weighted by molar-refractivity contribution is 7.91. The van der Waals surface area contributed by atoms with Gasteiger partial charge in [-0.2, -0.15) is 0 Å². The van der Waals surface area contributed by atoms with E-state index < -0.39 is 62.6 Å². The lowest BCUT2D eigenvalue weighted by molar-refractivity contribution is -0.140. The summed E-state index contributed by atoms with van der Waals surface area (Å²) in [5.74, 6) is -3.77. The zero-order valence-corrected chi connectivity index (χ0v) is 28.6. The summed E-state index contributed by atoms with van der Waals surface area (Å²) < 4.78 is 33.1. The number of allylic oxidation sites excluding steroid dienone is 1. The minimum absolute atomic E-state index is 0.0740. The first-order chi connectivity index (χ1) is 23.0. The topological polar surface area (TPSA) is 154 Å². The summed E-state index contributed by atoms with van der Waals surface area (Å²) in [7, 11) is -2.15. The highest BCUT2D eigenvalue weighted by atomic mass is 32.2. The Morgan fingerprint density at radius 1 is 1.04 bits per heavy atom. The number of piperidine rings is 1. The fourth-order valence-corrected chi connectivity index (χ4v) is 8.35. The number of ether oxygens (including phenoxy) is 1. The van der Waals surface area contributed by atoms with E-state index in [4.69, 9.17) is 4.74 Å². The molecule has 1 aromatic rings. The molecule has 3 N–H and O–H groups in total. The van der Waals surface area contributed by atoms with Crippen molar-refractivity contribution in [2.75, 3.05) is 36.9 Å². The first-order valence-electron chi connectivity index (χ1n) is 17.2. The second-order valence-corrected chi connectivity index (χ2v) is 15.6. The van der Waals surface area contributed by atoms with Gasteiger partial charge in [0.2, 0.25) is 21.8 Å². The van der Waals surface area contributed by atoms with Crippen LogP contribution in [0.2, 0.25) is 0 Å². The first-order valence-corrected chi connectivity index (χ1v) is 18.7. The summed E-state index contributed by atoms with van der Waals surface area (Å²) >= 11 is 0. The molecule has 4 amide bonds. The van der Waals surface area contributed by atoms with Crippen molar-refractivity contribution in [2.45, 2.75) is 87.5 Å². The number of unbranched alkanes of at least 4 members (excludes halogenated alkanes) is 2. The zero-order chi connectivity index (χ0) is 34.5. The third kappa shape index (κ3) is 8.22. The Balaban J connectivity index is 1.29. The summed E-state index contributed by atoms with van der Waals surface area (Å²) in [4.78, 5) is 58.1. The molecule has 3 aliphatic carbocycles. The Hall–Kier alpha value is -3.87. The molecule has 13 heteroatoms. The predicted octanol–water partition coefficient (Wildman–Crippen LogP) is 4.10. The van der Waals surface area contributed by atoms with Crippen molar-refractivity contribution in [2.24, 2.45) is 17.8 Å². The van der Waals surface area contributed by atoms with E-state index >= 15 is 0 Å². The van der Waals surface area contributed by atoms with Gasteiger partial charge in [0.1, 0.15) is 11.6 Å². The van der Waals surface area contributed by atoms with E-state index in [-0.39, 0.29) is 25.2 Å². The smallest absolute Gasteiger partial charge is 0.411 e. The van der Waals surface area contributed by atoms with Crippen LogP contribution in [0.5, 0.6) is 0 Å². The van der Waals surface area contributed by atoms with E-state index in [2.05, 4.69) is 33.4 Å². The Kier molecular flexibility index (Phi) is 11.2. The molecule has 1 aliphatic heterocycles. The standard InChI is InChI=1S/C35H49N5O7S/c1-4-6-7-11-18-39(3)32(42)28-22-25(47-34(44)36-29-14-9-10-15-30(29)40-19-12-8-13-20-40)21-27(28)31(41)37-35(23-24(35)5-2)33(43)38-48(45,46)26-16-17-26/h4-5,9-10,14-15,24-28H,1-2,6-8,11-13,16-23H2,3H3,(H,36,44)(H,37,41)(H,38,43)/t24-,25-,27-,28-,35-/m1/s1. The van der Waals surface area contributed by atoms with Crippen LogP contribution in [-0.2, 0) is 29.1 Å². The molecule has 3 saturated carbocycles. The molecule has 0 bridgehead atoms. The number of anilines is 2. The molecular weight excluding hydrogens is 634 g/mol. The fourth-order valence-electron chi connectivity index (χ4n) is 6.99. The third-order valence-corrected chi connectivity index (χ3v) is 11.9. The molecule has 4 aliphatic rings. The zero-order valence-electron chi connectivity index (χ0n) is 27.8. The Morgan fingerprint density at radius 2 is 1.75 bits per heavy atom. The van der Waals surface area contributed by atoms with Crippen LogP contribution < -0.4 is 20.3 Å². The summed E-state index contributed by atoms with van der Waals surface area (Å²) in [6.07, 6.45) is 9.10. The molecule has 4 fully saturated rings. The second kappa shape index (κ2) is 15.1. The average Bonchev–Trinajstić information content (AvgIpc) is 4.00. The molecular formula is C35H49N5O7S. The number of rotatable bonds is 15. The molecule has 12 nitrogen and oxygen atoms in total. The number of benzene rings is 1. The minimum Gasteiger partial charge on any atom is -0.446 e. The predicted molar refractivity (Wildman–Crippen MR) is 184 cm³/mol. The van der Waals surface area contributed by atoms with Crippen LogP contribution in [0.25, 0.3) is 0 Å². The molecule has 0 aromatic heterocycles. The Morgan fingerprint density at radius 3 is 2.42 bits per heavy atom. The van der Waals surface area contributed by atoms with Crippen molar-refractivity contribution in [3.05, 3.63) is 49.6 Å². The van der Waals surface area contributed by atoms with Gasteiger partial charge < -0.3 is 19.9 Å². The summed E-state index contributed by atoms with van der Waals surface area (Å²) in [5.41, 5.74) is 0.0683. The Labute approximate surface area is 283 Å². The van der Waals surface area contributed by atoms with Crippen LogP contribution >= 0.6 is 0 Å². The molecule has 1 aromatic carbocycles. The second-order valence-electron chi connectivity index (χ2n) is 13.6. The van der Waals surface area contributed by atoms with Gasteiger partial charge in [-0.3, -0.25) is 24.4 Å². The quantitative estimate of drug-likeness (QED) is 0.185. The maximum atomic E-state index is 13.9. The van der Waals surface area contributed by atoms with Crippen LogP contribution in [0.3, 0.4) is 0 Å². The monoisotopic (exact) mass is 683 g/mol. The number of hydrogen-bond donors (Lipinski definition) is 3. The van der Waals surface area contributed by atoms with E-state index in [0.29, 0.717) is 25.1 Å². The van der Waals surface area contributed by atoms with Crippen molar-refractivity contribution >= 4 is 45.2 Å². The van der Waals surface area contributed by atoms with Gasteiger partial charge in [0.15, 0.2) is 0 Å². The van der Waals surface area contributed by atoms with E-state index in [0.717, 1.165) is 50.9 Å². The van der Waals surface area contributed by atoms with Gasteiger partial charge in [-0.1, -0.05) is 24.3 Å². The SMILES string of the molecule is C=CCCCCN(C)C(=O)[C@@H]1C[C@H](OC(=O)Nc2ccccc2N2CCCCC2)C[C@H]1C(=O)N[C@]1(C(=O)NS(=O)(=O)C2CC2)C[C@H]1C=C. The van der Waals surface area contributed by atoms with E-state index in [1.807, 2.05) is 30.3 Å². The van der Waals surface area contributed by atoms with E-state index in [9.17, 15) is 27.6 Å². The molecule has 0 radical (unpaired) electrons. The molecule has 0 spiro atoms. The molecule has 262 valence electrons. The molecule has 1 heterocycles. The number of nitrogens with zero attached hydrogens (tertiary/aromatic N) is 2. The summed E-state index contributed by atoms with van der Waals surface area (Å²) in [5, 5.41) is 5.07. The first kappa shape index (κ1) is 35.4. The van der Waals surface area contributed by atoms with Crippen molar-refractivity contribution in [3.8, 4) is 0 Å². The van der Waals surface area contributed by atoms with Crippen molar-refractivity contribution in [3.63, 3.8) is 0 Å². The number of carbonyl (C=O) groups excluding carboxylic acids is 4. The lowest BCUT2D eigenvalue weighted by Gasteiger charge is -2.30. The fraction of sp³-hybridized carbons (Fsp3) is 0.600. The number of sulfonamides is 1. The van der Waals surface area contributed by atoms with Gasteiger partial charge in [0.05, 0.1) is 28.5 Å². The lowest BCUT2D eigenvalue weighted by Crippen LogP contribution is -2.54. The number of amides is 4. The normalized spacial score (nSPS) is 26.6. The van der Waals surface area contributed by atoms with Crippen LogP contribution in [0.1, 0.15) is 70.6 Å². The van der Waals surface area contributed by atoms with E-state index in [1.165, 1.54) is 12.5 Å². The third-order valence-electron chi connectivity index (χ3n) is 10.1. The largest absolute Gasteiger partial charge is 0.446 e. The van der Waals surface area contributed by atoms with Gasteiger partial charge in [0.25, 0.3) is 5.91 Å². The van der Waals surface area contributed by atoms with Gasteiger partial charge in [-0.05, 0) is 82.8 Å². The van der Waals surface area contributed by atoms with Gasteiger partial charge in [-0.15, -0.1) is 13.2 Å². The van der Waals surface area contributed by atoms with Gasteiger partial charge in [0, 0.05) is 32.6 Å². The summed E-state index contributed by atoms with van der Waals surface area (Å²) in [6, 6.07) is 7.56. The number of nitrogens with one attached hydrogen (secondary N) is 3. The maximum absolute atomic E-state index is 13.9. The molecule has 0 unspecified atom stereocenters. The van der Waals surface area contributed by atoms with Crippen molar-refractivity contribution < 1.29 is 32.3 Å². The highest BCUT2D eigenvalue weighted by Crippen LogP contribution is 2.46. The van der Waals surface area contributed by atoms with Gasteiger partial charge >= 0.3 is 6.09 Å². The van der Waals surface area contributed by atoms with E-state index in [1.54, 1.807) is 11.9 Å². The average molecular weight is 684 g/mol. The van der Waals surface area contributed by atoms with Crippen molar-refractivity contribution in [1.82, 2.24) is 14.9 Å². The molecule has 5 rings (SSSR count). The van der Waals surface area contributed by atoms with Crippen LogP contribution in [0, 0.1) is 17.8 Å². The maximum Gasteiger partial charge on any atom is 0.411 e. The lowest BCUT2D eigenvalue weighted by atomic mass is 9.93. The van der Waals surface area contributed by atoms with Crippen LogP contribution in [-0.4, -0.2) is 80.7 Å². The van der Waals surface area contributed by atoms with Crippen molar-refractivity contribution in [1.29, 1.82) is 0 Å². The number of hydrogen-bond acceptors (Lipinski definition) is 8. The van der Waals surface area contributed by atoms with Crippen LogP contribution in [0.4, 0.5) is 16.2 Å². The summed E-state index contributed by atoms with van der Waals surface area (Å²) in [6.45, 7) is 9.78. The van der Waals surface area contributed by atoms with Gasteiger partial charge in [-0.25, -0.2) is 13.2 Å². The number of para-hydroxylation sites is 2. The molecule has 48 heavy (non-hydrogen) atoms. The minimum atomic E-state index is -3.84. The Bertz CT molecular complexity index is 1510. The van der Waals surface area contributed by atoms with Crippen LogP contribution in [0.15, 0.2) is 49.6 Å². The molecule has 1 saturated heterocycles. The highest BCUT2D eigenvalue weighted by Gasteiger charge is 2.62.